The van der Waals surface area contributed by atoms with E-state index in [9.17, 15) is 13.5 Å². The number of aliphatic hydroxyl groups is 1. The molecule has 0 fully saturated rings. The van der Waals surface area contributed by atoms with Gasteiger partial charge < -0.3 is 10.1 Å². The Kier molecular flexibility index (Phi) is 6.16. The molecule has 0 aromatic carbocycles. The Morgan fingerprint density at radius 3 is 2.40 bits per heavy atom. The average molecular weight is 303 g/mol. The Bertz CT molecular complexity index is 507. The number of nitrogens with zero attached hydrogens (tertiary/aromatic N) is 1. The van der Waals surface area contributed by atoms with Gasteiger partial charge >= 0.3 is 0 Å². The number of H-pyrrole nitrogens is 1. The maximum atomic E-state index is 12.1. The summed E-state index contributed by atoms with van der Waals surface area (Å²) >= 11 is 0. The lowest BCUT2D eigenvalue weighted by atomic mass is 9.97. The summed E-state index contributed by atoms with van der Waals surface area (Å²) in [5.74, 6) is 0.866. The van der Waals surface area contributed by atoms with E-state index in [0.29, 0.717) is 5.82 Å². The summed E-state index contributed by atoms with van der Waals surface area (Å²) in [6, 6.07) is 0. The van der Waals surface area contributed by atoms with E-state index in [1.807, 2.05) is 27.7 Å². The first-order valence-electron chi connectivity index (χ1n) is 7.04. The monoisotopic (exact) mass is 303 g/mol. The van der Waals surface area contributed by atoms with Crippen molar-refractivity contribution in [3.63, 3.8) is 0 Å². The van der Waals surface area contributed by atoms with Crippen LogP contribution in [0.4, 0.5) is 0 Å². The Balaban J connectivity index is 2.70. The van der Waals surface area contributed by atoms with Gasteiger partial charge in [0.15, 0.2) is 5.03 Å². The molecule has 0 aliphatic heterocycles. The van der Waals surface area contributed by atoms with Crippen LogP contribution in [0, 0.1) is 5.92 Å². The van der Waals surface area contributed by atoms with Gasteiger partial charge in [0.2, 0.25) is 0 Å². The summed E-state index contributed by atoms with van der Waals surface area (Å²) in [7, 11) is -3.65. The van der Waals surface area contributed by atoms with Gasteiger partial charge in [0.1, 0.15) is 5.82 Å². The molecule has 0 aliphatic carbocycles. The van der Waals surface area contributed by atoms with Crippen molar-refractivity contribution in [2.45, 2.75) is 57.6 Å². The normalized spacial score (nSPS) is 14.2. The SMILES string of the molecule is CCC(CC)C(O)CNS(=O)(=O)c1cnc(C(C)C)[nH]1. The summed E-state index contributed by atoms with van der Waals surface area (Å²) in [5.41, 5.74) is 0. The minimum absolute atomic E-state index is 0.0186. The molecule has 1 unspecified atom stereocenters. The van der Waals surface area contributed by atoms with Crippen LogP contribution in [0.1, 0.15) is 52.3 Å². The first-order valence-corrected chi connectivity index (χ1v) is 8.52. The molecule has 1 aromatic rings. The van der Waals surface area contributed by atoms with Crippen molar-refractivity contribution in [3.05, 3.63) is 12.0 Å². The molecule has 0 radical (unpaired) electrons. The largest absolute Gasteiger partial charge is 0.391 e. The van der Waals surface area contributed by atoms with Crippen molar-refractivity contribution >= 4 is 10.0 Å². The molecule has 3 N–H and O–H groups in total. The number of hydrogen-bond acceptors (Lipinski definition) is 4. The summed E-state index contributed by atoms with van der Waals surface area (Å²) in [6.45, 7) is 7.84. The van der Waals surface area contributed by atoms with Crippen LogP contribution < -0.4 is 4.72 Å². The van der Waals surface area contributed by atoms with Crippen LogP contribution in [0.5, 0.6) is 0 Å². The molecule has 0 aliphatic rings. The number of imidazole rings is 1. The topological polar surface area (TPSA) is 95.1 Å². The Labute approximate surface area is 121 Å². The van der Waals surface area contributed by atoms with E-state index >= 15 is 0 Å². The molecule has 0 bridgehead atoms. The van der Waals surface area contributed by atoms with Crippen molar-refractivity contribution in [1.29, 1.82) is 0 Å². The fourth-order valence-electron chi connectivity index (χ4n) is 2.02. The molecular weight excluding hydrogens is 278 g/mol. The fourth-order valence-corrected chi connectivity index (χ4v) is 3.00. The van der Waals surface area contributed by atoms with E-state index in [4.69, 9.17) is 0 Å². The standard InChI is InChI=1S/C13H25N3O3S/c1-5-10(6-2)11(17)7-15-20(18,19)12-8-14-13(16-12)9(3)4/h8-11,15,17H,5-7H2,1-4H3,(H,14,16). The van der Waals surface area contributed by atoms with Crippen molar-refractivity contribution in [2.75, 3.05) is 6.54 Å². The minimum Gasteiger partial charge on any atom is -0.391 e. The third-order valence-corrected chi connectivity index (χ3v) is 4.82. The van der Waals surface area contributed by atoms with E-state index in [2.05, 4.69) is 14.7 Å². The quantitative estimate of drug-likeness (QED) is 0.680. The highest BCUT2D eigenvalue weighted by Crippen LogP contribution is 2.15. The van der Waals surface area contributed by atoms with Gasteiger partial charge in [-0.25, -0.2) is 18.1 Å². The number of nitrogens with one attached hydrogen (secondary N) is 2. The predicted octanol–water partition coefficient (Wildman–Crippen LogP) is 1.61. The second-order valence-electron chi connectivity index (χ2n) is 5.28. The van der Waals surface area contributed by atoms with Crippen LogP contribution in [-0.4, -0.2) is 36.1 Å². The molecular formula is C13H25N3O3S. The third kappa shape index (κ3) is 4.29. The highest BCUT2D eigenvalue weighted by molar-refractivity contribution is 7.89. The first kappa shape index (κ1) is 17.1. The van der Waals surface area contributed by atoms with Crippen LogP contribution in [0.15, 0.2) is 11.2 Å². The van der Waals surface area contributed by atoms with Crippen molar-refractivity contribution in [1.82, 2.24) is 14.7 Å². The van der Waals surface area contributed by atoms with Gasteiger partial charge in [-0.05, 0) is 5.92 Å². The van der Waals surface area contributed by atoms with E-state index < -0.39 is 16.1 Å². The zero-order chi connectivity index (χ0) is 15.3. The zero-order valence-electron chi connectivity index (χ0n) is 12.5. The van der Waals surface area contributed by atoms with E-state index in [1.165, 1.54) is 6.20 Å². The maximum Gasteiger partial charge on any atom is 0.257 e. The van der Waals surface area contributed by atoms with Gasteiger partial charge in [0.25, 0.3) is 10.0 Å². The number of aliphatic hydroxyl groups excluding tert-OH is 1. The molecule has 1 aromatic heterocycles. The molecule has 0 amide bonds. The van der Waals surface area contributed by atoms with Crippen LogP contribution in [0.2, 0.25) is 0 Å². The number of rotatable bonds is 8. The van der Waals surface area contributed by atoms with Crippen molar-refractivity contribution in [3.8, 4) is 0 Å². The van der Waals surface area contributed by atoms with Gasteiger partial charge in [-0.3, -0.25) is 0 Å². The molecule has 1 atom stereocenters. The van der Waals surface area contributed by atoms with Gasteiger partial charge in [0.05, 0.1) is 12.3 Å². The Morgan fingerprint density at radius 2 is 1.95 bits per heavy atom. The van der Waals surface area contributed by atoms with Gasteiger partial charge in [-0.15, -0.1) is 0 Å². The predicted molar refractivity (Wildman–Crippen MR) is 77.9 cm³/mol. The van der Waals surface area contributed by atoms with Gasteiger partial charge in [-0.2, -0.15) is 0 Å². The molecule has 6 nitrogen and oxygen atoms in total. The summed E-state index contributed by atoms with van der Waals surface area (Å²) in [4.78, 5) is 6.83. The van der Waals surface area contributed by atoms with Crippen molar-refractivity contribution < 1.29 is 13.5 Å². The Hall–Kier alpha value is -0.920. The van der Waals surface area contributed by atoms with Crippen LogP contribution in [0.25, 0.3) is 0 Å². The molecule has 0 spiro atoms. The smallest absolute Gasteiger partial charge is 0.257 e. The molecule has 0 saturated carbocycles. The highest BCUT2D eigenvalue weighted by Gasteiger charge is 2.22. The second-order valence-corrected chi connectivity index (χ2v) is 7.02. The van der Waals surface area contributed by atoms with Crippen LogP contribution >= 0.6 is 0 Å². The Morgan fingerprint density at radius 1 is 1.35 bits per heavy atom. The van der Waals surface area contributed by atoms with E-state index in [-0.39, 0.29) is 23.4 Å². The van der Waals surface area contributed by atoms with E-state index in [1.54, 1.807) is 0 Å². The maximum absolute atomic E-state index is 12.1. The number of aromatic nitrogens is 2. The summed E-state index contributed by atoms with van der Waals surface area (Å²) in [5, 5.41) is 10.00. The number of aromatic amines is 1. The molecule has 116 valence electrons. The zero-order valence-corrected chi connectivity index (χ0v) is 13.4. The summed E-state index contributed by atoms with van der Waals surface area (Å²) < 4.78 is 26.6. The van der Waals surface area contributed by atoms with Crippen LogP contribution in [-0.2, 0) is 10.0 Å². The lowest BCUT2D eigenvalue weighted by Crippen LogP contribution is -2.36. The van der Waals surface area contributed by atoms with Crippen LogP contribution in [0.3, 0.4) is 0 Å². The number of hydrogen-bond donors (Lipinski definition) is 3. The summed E-state index contributed by atoms with van der Waals surface area (Å²) in [6.07, 6.45) is 2.27. The highest BCUT2D eigenvalue weighted by atomic mass is 32.2. The fraction of sp³-hybridized carbons (Fsp3) is 0.769. The minimum atomic E-state index is -3.65. The molecule has 1 rings (SSSR count). The lowest BCUT2D eigenvalue weighted by Gasteiger charge is -2.20. The first-order chi connectivity index (χ1) is 9.31. The molecule has 20 heavy (non-hydrogen) atoms. The molecule has 1 heterocycles. The average Bonchev–Trinajstić information content (AvgIpc) is 2.88. The lowest BCUT2D eigenvalue weighted by molar-refractivity contribution is 0.107. The molecule has 0 saturated heterocycles. The van der Waals surface area contributed by atoms with Gasteiger partial charge in [-0.1, -0.05) is 40.5 Å². The van der Waals surface area contributed by atoms with E-state index in [0.717, 1.165) is 12.8 Å². The third-order valence-electron chi connectivity index (χ3n) is 3.48. The second kappa shape index (κ2) is 7.19. The van der Waals surface area contributed by atoms with Crippen molar-refractivity contribution in [2.24, 2.45) is 5.92 Å². The molecule has 7 heteroatoms. The number of sulfonamides is 1. The van der Waals surface area contributed by atoms with Gasteiger partial charge in [0, 0.05) is 12.5 Å².